The smallest absolute Gasteiger partial charge is 0.416 e. The number of hydrogen-bond acceptors (Lipinski definition) is 6. The van der Waals surface area contributed by atoms with Gasteiger partial charge in [-0.1, -0.05) is 29.4 Å². The van der Waals surface area contributed by atoms with Crippen LogP contribution in [0.1, 0.15) is 23.1 Å². The Morgan fingerprint density at radius 2 is 1.67 bits per heavy atom. The molecule has 206 valence electrons. The lowest BCUT2D eigenvalue weighted by Gasteiger charge is -2.26. The van der Waals surface area contributed by atoms with Crippen molar-refractivity contribution in [1.29, 1.82) is 0 Å². The monoisotopic (exact) mass is 543 g/mol. The quantitative estimate of drug-likeness (QED) is 0.360. The number of carbonyl (C=O) groups excluding carboxylic acids is 1. The van der Waals surface area contributed by atoms with E-state index in [2.05, 4.69) is 10.5 Å². The van der Waals surface area contributed by atoms with Crippen LogP contribution in [0.25, 0.3) is 0 Å². The van der Waals surface area contributed by atoms with E-state index in [1.54, 1.807) is 43.5 Å². The van der Waals surface area contributed by atoms with Gasteiger partial charge >= 0.3 is 12.2 Å². The first-order chi connectivity index (χ1) is 18.7. The molecule has 0 fully saturated rings. The highest BCUT2D eigenvalue weighted by Gasteiger charge is 2.31. The van der Waals surface area contributed by atoms with Gasteiger partial charge in [-0.05, 0) is 48.0 Å². The van der Waals surface area contributed by atoms with Crippen molar-refractivity contribution in [2.45, 2.75) is 25.2 Å². The number of para-hydroxylation sites is 2. The maximum Gasteiger partial charge on any atom is 0.416 e. The standard InChI is InChI=1S/C28H28F3N3O5/c1-36-24-7-5-4-6-22(24)32-27(35)34(16-18-8-11-20(12-9-18)28(29,30)31)17-21-15-23(33-39-21)19-10-13-25(37-2)26(14-19)38-3/h4-14,21H,15-17H2,1-3H3,(H,32,35). The third-order valence-corrected chi connectivity index (χ3v) is 6.16. The van der Waals surface area contributed by atoms with Gasteiger partial charge in [0.1, 0.15) is 5.75 Å². The Morgan fingerprint density at radius 1 is 0.974 bits per heavy atom. The second kappa shape index (κ2) is 12.0. The second-order valence-electron chi connectivity index (χ2n) is 8.74. The molecule has 8 nitrogen and oxygen atoms in total. The minimum Gasteiger partial charge on any atom is -0.495 e. The molecule has 39 heavy (non-hydrogen) atoms. The van der Waals surface area contributed by atoms with E-state index in [0.29, 0.717) is 40.6 Å². The summed E-state index contributed by atoms with van der Waals surface area (Å²) in [7, 11) is 4.58. The summed E-state index contributed by atoms with van der Waals surface area (Å²) in [5.74, 6) is 1.59. The van der Waals surface area contributed by atoms with E-state index in [-0.39, 0.29) is 13.1 Å². The minimum atomic E-state index is -4.45. The number of nitrogens with one attached hydrogen (secondary N) is 1. The highest BCUT2D eigenvalue weighted by atomic mass is 19.4. The molecule has 11 heteroatoms. The number of urea groups is 1. The Labute approximate surface area is 223 Å². The zero-order valence-corrected chi connectivity index (χ0v) is 21.6. The van der Waals surface area contributed by atoms with Gasteiger partial charge in [-0.3, -0.25) is 0 Å². The van der Waals surface area contributed by atoms with Crippen molar-refractivity contribution in [3.8, 4) is 17.2 Å². The lowest BCUT2D eigenvalue weighted by molar-refractivity contribution is -0.137. The average Bonchev–Trinajstić information content (AvgIpc) is 3.41. The number of ether oxygens (including phenoxy) is 3. The van der Waals surface area contributed by atoms with Gasteiger partial charge < -0.3 is 29.3 Å². The van der Waals surface area contributed by atoms with Gasteiger partial charge in [0, 0.05) is 18.5 Å². The largest absolute Gasteiger partial charge is 0.495 e. The van der Waals surface area contributed by atoms with Crippen molar-refractivity contribution in [3.05, 3.63) is 83.4 Å². The van der Waals surface area contributed by atoms with E-state index in [1.165, 1.54) is 31.3 Å². The molecule has 3 aromatic rings. The predicted molar refractivity (Wildman–Crippen MR) is 139 cm³/mol. The van der Waals surface area contributed by atoms with Gasteiger partial charge in [0.2, 0.25) is 0 Å². The van der Waals surface area contributed by atoms with E-state index in [4.69, 9.17) is 19.0 Å². The number of methoxy groups -OCH3 is 3. The van der Waals surface area contributed by atoms with Crippen LogP contribution in [0.15, 0.2) is 71.9 Å². The number of oxime groups is 1. The number of rotatable bonds is 9. The Bertz CT molecular complexity index is 1330. The zero-order valence-electron chi connectivity index (χ0n) is 21.6. The molecule has 0 bridgehead atoms. The molecule has 1 unspecified atom stereocenters. The van der Waals surface area contributed by atoms with E-state index in [0.717, 1.165) is 17.7 Å². The van der Waals surface area contributed by atoms with Gasteiger partial charge in [0.05, 0.1) is 44.8 Å². The molecule has 0 aliphatic carbocycles. The summed E-state index contributed by atoms with van der Waals surface area (Å²) >= 11 is 0. The molecule has 3 aromatic carbocycles. The fourth-order valence-corrected chi connectivity index (χ4v) is 4.14. The number of anilines is 1. The van der Waals surface area contributed by atoms with Crippen LogP contribution < -0.4 is 19.5 Å². The SMILES string of the molecule is COc1ccccc1NC(=O)N(Cc1ccc(C(F)(F)F)cc1)CC1CC(c2ccc(OC)c(OC)c2)=NO1. The van der Waals surface area contributed by atoms with E-state index >= 15 is 0 Å². The number of amides is 2. The molecule has 1 atom stereocenters. The third-order valence-electron chi connectivity index (χ3n) is 6.16. The van der Waals surface area contributed by atoms with Crippen molar-refractivity contribution in [3.63, 3.8) is 0 Å². The minimum absolute atomic E-state index is 0.0463. The molecule has 0 saturated carbocycles. The highest BCUT2D eigenvalue weighted by Crippen LogP contribution is 2.31. The molecule has 2 amide bonds. The molecular formula is C28H28F3N3O5. The van der Waals surface area contributed by atoms with Crippen molar-refractivity contribution in [1.82, 2.24) is 4.90 Å². The van der Waals surface area contributed by atoms with Crippen molar-refractivity contribution >= 4 is 17.4 Å². The number of carbonyl (C=O) groups is 1. The van der Waals surface area contributed by atoms with Gasteiger partial charge in [-0.15, -0.1) is 0 Å². The van der Waals surface area contributed by atoms with Crippen LogP contribution in [0.3, 0.4) is 0 Å². The topological polar surface area (TPSA) is 81.6 Å². The molecule has 1 heterocycles. The summed E-state index contributed by atoms with van der Waals surface area (Å²) in [6.07, 6.45) is -4.53. The molecule has 1 N–H and O–H groups in total. The molecule has 1 aliphatic rings. The normalized spacial score (nSPS) is 14.7. The van der Waals surface area contributed by atoms with Crippen molar-refractivity contribution < 1.29 is 37.0 Å². The molecule has 1 aliphatic heterocycles. The molecule has 4 rings (SSSR count). The van der Waals surface area contributed by atoms with E-state index in [9.17, 15) is 18.0 Å². The van der Waals surface area contributed by atoms with Crippen molar-refractivity contribution in [2.75, 3.05) is 33.2 Å². The average molecular weight is 544 g/mol. The van der Waals surface area contributed by atoms with E-state index < -0.39 is 23.9 Å². The predicted octanol–water partition coefficient (Wildman–Crippen LogP) is 5.96. The zero-order chi connectivity index (χ0) is 28.0. The van der Waals surface area contributed by atoms with Gasteiger partial charge in [0.15, 0.2) is 17.6 Å². The van der Waals surface area contributed by atoms with Gasteiger partial charge in [-0.25, -0.2) is 4.79 Å². The first-order valence-corrected chi connectivity index (χ1v) is 12.0. The van der Waals surface area contributed by atoms with Crippen LogP contribution in [0, 0.1) is 0 Å². The maximum atomic E-state index is 13.4. The van der Waals surface area contributed by atoms with Crippen LogP contribution in [-0.4, -0.2) is 50.6 Å². The fraction of sp³-hybridized carbons (Fsp3) is 0.286. The summed E-state index contributed by atoms with van der Waals surface area (Å²) in [6, 6.07) is 16.5. The van der Waals surface area contributed by atoms with Gasteiger partial charge in [-0.2, -0.15) is 13.2 Å². The molecule has 0 aromatic heterocycles. The molecule has 0 radical (unpaired) electrons. The summed E-state index contributed by atoms with van der Waals surface area (Å²) in [5, 5.41) is 7.03. The van der Waals surface area contributed by atoms with Crippen molar-refractivity contribution in [2.24, 2.45) is 5.16 Å². The number of halogens is 3. The number of hydrogen-bond donors (Lipinski definition) is 1. The lowest BCUT2D eigenvalue weighted by Crippen LogP contribution is -2.40. The third kappa shape index (κ3) is 6.73. The number of nitrogens with zero attached hydrogens (tertiary/aromatic N) is 2. The Hall–Kier alpha value is -4.41. The highest BCUT2D eigenvalue weighted by molar-refractivity contribution is 6.01. The molecule has 0 saturated heterocycles. The summed E-state index contributed by atoms with van der Waals surface area (Å²) in [6.45, 7) is 0.174. The fourth-order valence-electron chi connectivity index (χ4n) is 4.14. The first-order valence-electron chi connectivity index (χ1n) is 12.0. The van der Waals surface area contributed by atoms with Crippen LogP contribution in [-0.2, 0) is 17.6 Å². The Balaban J connectivity index is 1.51. The van der Waals surface area contributed by atoms with Crippen LogP contribution >= 0.6 is 0 Å². The Kier molecular flexibility index (Phi) is 8.48. The molecule has 0 spiro atoms. The first kappa shape index (κ1) is 27.6. The number of benzene rings is 3. The lowest BCUT2D eigenvalue weighted by atomic mass is 10.0. The summed E-state index contributed by atoms with van der Waals surface area (Å²) in [5.41, 5.74) is 1.67. The van der Waals surface area contributed by atoms with Crippen LogP contribution in [0.4, 0.5) is 23.7 Å². The summed E-state index contributed by atoms with van der Waals surface area (Å²) < 4.78 is 55.1. The summed E-state index contributed by atoms with van der Waals surface area (Å²) in [4.78, 5) is 20.5. The maximum absolute atomic E-state index is 13.4. The van der Waals surface area contributed by atoms with E-state index in [1.807, 2.05) is 6.07 Å². The van der Waals surface area contributed by atoms with Crippen LogP contribution in [0.2, 0.25) is 0 Å². The Morgan fingerprint density at radius 3 is 2.33 bits per heavy atom. The second-order valence-corrected chi connectivity index (χ2v) is 8.74. The number of alkyl halides is 3. The van der Waals surface area contributed by atoms with Crippen LogP contribution in [0.5, 0.6) is 17.2 Å². The van der Waals surface area contributed by atoms with Gasteiger partial charge in [0.25, 0.3) is 0 Å². The molecular weight excluding hydrogens is 515 g/mol.